The maximum atomic E-state index is 2.18. The normalized spacial score (nSPS) is 4.29. The summed E-state index contributed by atoms with van der Waals surface area (Å²) in [6.07, 6.45) is 2.64. The van der Waals surface area contributed by atoms with Crippen LogP contribution in [0.3, 0.4) is 0 Å². The molecule has 0 amide bonds. The minimum Gasteiger partial charge on any atom is -0.358 e. The van der Waals surface area contributed by atoms with Gasteiger partial charge in [-0.25, -0.2) is 0 Å². The molecule has 0 aliphatic rings. The van der Waals surface area contributed by atoms with Crippen LogP contribution < -0.4 is 0 Å². The molecule has 0 aromatic heterocycles. The van der Waals surface area contributed by atoms with Gasteiger partial charge in [0.15, 0.2) is 0 Å². The van der Waals surface area contributed by atoms with Crippen LogP contribution in [-0.2, 0) is 20.4 Å². The third-order valence-corrected chi connectivity index (χ3v) is 0.500. The molecule has 0 aliphatic heterocycles. The molecule has 0 saturated carbocycles. The van der Waals surface area contributed by atoms with Gasteiger partial charge in [0.05, 0.1) is 0 Å². The molecular formula is C6H16Pd-2. The first-order chi connectivity index (χ1) is 1.91. The zero-order valence-corrected chi connectivity index (χ0v) is 7.29. The molecule has 0 aliphatic carbocycles. The second kappa shape index (κ2) is 30.1. The first-order valence-electron chi connectivity index (χ1n) is 1.91. The molecule has 0 spiro atoms. The van der Waals surface area contributed by atoms with E-state index in [0.717, 1.165) is 0 Å². The number of rotatable bonds is 1. The first-order valence-corrected chi connectivity index (χ1v) is 1.91. The maximum absolute atomic E-state index is 2.18. The molecule has 52 valence electrons. The second-order valence-electron chi connectivity index (χ2n) is 1.000. The Morgan fingerprint density at radius 1 is 0.857 bits per heavy atom. The summed E-state index contributed by atoms with van der Waals surface area (Å²) in [5.41, 5.74) is 0. The van der Waals surface area contributed by atoms with E-state index < -0.39 is 0 Å². The summed E-state index contributed by atoms with van der Waals surface area (Å²) in [7, 11) is 0. The van der Waals surface area contributed by atoms with E-state index in [2.05, 4.69) is 13.8 Å². The van der Waals surface area contributed by atoms with E-state index in [1.807, 2.05) is 0 Å². The maximum Gasteiger partial charge on any atom is 0 e. The molecule has 0 aromatic carbocycles. The van der Waals surface area contributed by atoms with Gasteiger partial charge in [0, 0.05) is 20.4 Å². The molecule has 0 radical (unpaired) electrons. The van der Waals surface area contributed by atoms with Crippen molar-refractivity contribution >= 4 is 0 Å². The third-order valence-electron chi connectivity index (χ3n) is 0.500. The van der Waals surface area contributed by atoms with Crippen molar-refractivity contribution in [2.24, 2.45) is 0 Å². The van der Waals surface area contributed by atoms with Crippen molar-refractivity contribution in [3.63, 3.8) is 0 Å². The predicted octanol–water partition coefficient (Wildman–Crippen LogP) is 2.70. The molecule has 0 rings (SSSR count). The molecule has 0 aromatic rings. The standard InChI is InChI=1S/C4H10.2CH3.Pd/c1-3-4-2;;;/h3-4H2,1-2H3;2*1H3;/q;2*-1;. The third kappa shape index (κ3) is 52.4. The van der Waals surface area contributed by atoms with Crippen LogP contribution in [0.5, 0.6) is 0 Å². The Labute approximate surface area is 62.4 Å². The Kier molecular flexibility index (Phi) is 109. The van der Waals surface area contributed by atoms with E-state index in [-0.39, 0.29) is 35.3 Å². The van der Waals surface area contributed by atoms with E-state index in [4.69, 9.17) is 0 Å². The van der Waals surface area contributed by atoms with Crippen LogP contribution in [0, 0.1) is 14.9 Å². The van der Waals surface area contributed by atoms with E-state index in [1.165, 1.54) is 12.8 Å². The monoisotopic (exact) mass is 194 g/mol. The molecule has 0 atom stereocenters. The fourth-order valence-electron chi connectivity index (χ4n) is 0. The fraction of sp³-hybridized carbons (Fsp3) is 0.667. The van der Waals surface area contributed by atoms with Crippen molar-refractivity contribution in [2.75, 3.05) is 0 Å². The van der Waals surface area contributed by atoms with Gasteiger partial charge in [0.25, 0.3) is 0 Å². The van der Waals surface area contributed by atoms with Crippen LogP contribution in [0.4, 0.5) is 0 Å². The Hall–Kier alpha value is 0.662. The van der Waals surface area contributed by atoms with E-state index in [0.29, 0.717) is 0 Å². The zero-order valence-electron chi connectivity index (χ0n) is 5.73. The summed E-state index contributed by atoms with van der Waals surface area (Å²) >= 11 is 0. The summed E-state index contributed by atoms with van der Waals surface area (Å²) in [6, 6.07) is 0. The molecule has 0 bridgehead atoms. The molecule has 0 unspecified atom stereocenters. The largest absolute Gasteiger partial charge is 0.358 e. The smallest absolute Gasteiger partial charge is 0 e. The number of unbranched alkanes of at least 4 members (excludes halogenated alkanes) is 1. The quantitative estimate of drug-likeness (QED) is 0.445. The van der Waals surface area contributed by atoms with Crippen molar-refractivity contribution in [1.82, 2.24) is 0 Å². The van der Waals surface area contributed by atoms with Crippen LogP contribution in [0.1, 0.15) is 26.7 Å². The van der Waals surface area contributed by atoms with Gasteiger partial charge in [0.1, 0.15) is 0 Å². The molecule has 0 saturated heterocycles. The van der Waals surface area contributed by atoms with E-state index >= 15 is 0 Å². The van der Waals surface area contributed by atoms with Crippen LogP contribution >= 0.6 is 0 Å². The second-order valence-corrected chi connectivity index (χ2v) is 1.000. The zero-order chi connectivity index (χ0) is 3.41. The SMILES string of the molecule is CCCC.[CH3-].[CH3-].[Pd]. The van der Waals surface area contributed by atoms with Crippen LogP contribution in [0.15, 0.2) is 0 Å². The molecule has 0 heterocycles. The predicted molar refractivity (Wildman–Crippen MR) is 33.4 cm³/mol. The summed E-state index contributed by atoms with van der Waals surface area (Å²) in [5, 5.41) is 0. The Balaban J connectivity index is -0.0000000150. The summed E-state index contributed by atoms with van der Waals surface area (Å²) in [6.45, 7) is 4.36. The Bertz CT molecular complexity index is 6.14. The average molecular weight is 195 g/mol. The average Bonchev–Trinajstić information content (AvgIpc) is 1.37. The number of hydrogen-bond donors (Lipinski definition) is 0. The van der Waals surface area contributed by atoms with Crippen LogP contribution in [-0.4, -0.2) is 0 Å². The molecular weight excluding hydrogens is 178 g/mol. The van der Waals surface area contributed by atoms with Gasteiger partial charge >= 0.3 is 0 Å². The van der Waals surface area contributed by atoms with Crippen molar-refractivity contribution in [3.8, 4) is 0 Å². The van der Waals surface area contributed by atoms with Gasteiger partial charge < -0.3 is 14.9 Å². The van der Waals surface area contributed by atoms with Crippen molar-refractivity contribution < 1.29 is 20.4 Å². The van der Waals surface area contributed by atoms with Crippen LogP contribution in [0.25, 0.3) is 0 Å². The molecule has 0 nitrogen and oxygen atoms in total. The van der Waals surface area contributed by atoms with E-state index in [1.54, 1.807) is 0 Å². The number of hydrogen-bond acceptors (Lipinski definition) is 0. The molecule has 0 fully saturated rings. The van der Waals surface area contributed by atoms with Gasteiger partial charge in [-0.05, 0) is 0 Å². The molecule has 7 heavy (non-hydrogen) atoms. The summed E-state index contributed by atoms with van der Waals surface area (Å²) in [4.78, 5) is 0. The first kappa shape index (κ1) is 25.4. The summed E-state index contributed by atoms with van der Waals surface area (Å²) in [5.74, 6) is 0. The van der Waals surface area contributed by atoms with Gasteiger partial charge in [-0.15, -0.1) is 0 Å². The topological polar surface area (TPSA) is 0 Å². The van der Waals surface area contributed by atoms with Crippen molar-refractivity contribution in [3.05, 3.63) is 14.9 Å². The minimum absolute atomic E-state index is 0. The van der Waals surface area contributed by atoms with Gasteiger partial charge in [-0.2, -0.15) is 0 Å². The fourth-order valence-corrected chi connectivity index (χ4v) is 0. The van der Waals surface area contributed by atoms with Crippen LogP contribution in [0.2, 0.25) is 0 Å². The Morgan fingerprint density at radius 3 is 1.00 bits per heavy atom. The van der Waals surface area contributed by atoms with Gasteiger partial charge in [-0.1, -0.05) is 26.7 Å². The van der Waals surface area contributed by atoms with Crippen molar-refractivity contribution in [1.29, 1.82) is 0 Å². The minimum atomic E-state index is 0. The summed E-state index contributed by atoms with van der Waals surface area (Å²) < 4.78 is 0. The molecule has 1 heteroatoms. The van der Waals surface area contributed by atoms with E-state index in [9.17, 15) is 0 Å². The van der Waals surface area contributed by atoms with Gasteiger partial charge in [0.2, 0.25) is 0 Å². The Morgan fingerprint density at radius 2 is 1.00 bits per heavy atom. The van der Waals surface area contributed by atoms with Gasteiger partial charge in [-0.3, -0.25) is 0 Å². The van der Waals surface area contributed by atoms with Crippen molar-refractivity contribution in [2.45, 2.75) is 26.7 Å². The molecule has 0 N–H and O–H groups in total.